The van der Waals surface area contributed by atoms with Gasteiger partial charge >= 0.3 is 17.9 Å². The van der Waals surface area contributed by atoms with Gasteiger partial charge in [-0.2, -0.15) is 0 Å². The normalized spacial score (nSPS) is 13.1. The van der Waals surface area contributed by atoms with Crippen LogP contribution in [0, 0.1) is 0 Å². The van der Waals surface area contributed by atoms with E-state index in [0.717, 1.165) is 83.5 Å². The summed E-state index contributed by atoms with van der Waals surface area (Å²) in [6.45, 7) is 4.79. The molecule has 0 radical (unpaired) electrons. The molecule has 1 N–H and O–H groups in total. The molecule has 9 nitrogen and oxygen atoms in total. The lowest BCUT2D eigenvalue weighted by atomic mass is 10.0. The van der Waals surface area contributed by atoms with E-state index < -0.39 is 24.3 Å². The zero-order chi connectivity index (χ0) is 53.4. The molecule has 2 atom stereocenters. The fraction of sp³-hybridized carbons (Fsp3) is 0.828. The first-order valence-electron chi connectivity index (χ1n) is 30.8. The molecule has 0 aliphatic heterocycles. The topological polar surface area (TPSA) is 108 Å². The van der Waals surface area contributed by atoms with Gasteiger partial charge in [0.15, 0.2) is 6.10 Å². The van der Waals surface area contributed by atoms with E-state index in [9.17, 15) is 19.5 Å². The summed E-state index contributed by atoms with van der Waals surface area (Å²) in [5.74, 6) is -2.01. The summed E-state index contributed by atoms with van der Waals surface area (Å²) < 4.78 is 22.9. The van der Waals surface area contributed by atoms with Crippen LogP contribution in [0.5, 0.6) is 0 Å². The van der Waals surface area contributed by atoms with Crippen LogP contribution >= 0.6 is 0 Å². The number of likely N-dealkylation sites (N-methyl/N-ethyl adjacent to an activating group) is 1. The molecule has 2 unspecified atom stereocenters. The lowest BCUT2D eigenvalue weighted by Crippen LogP contribution is -2.40. The number of esters is 2. The largest absolute Gasteiger partial charge is 0.477 e. The number of hydrogen-bond donors (Lipinski definition) is 1. The van der Waals surface area contributed by atoms with Gasteiger partial charge in [0.25, 0.3) is 6.29 Å². The highest BCUT2D eigenvalue weighted by atomic mass is 16.7. The second kappa shape index (κ2) is 55.5. The van der Waals surface area contributed by atoms with Crippen LogP contribution in [0.3, 0.4) is 0 Å². The lowest BCUT2D eigenvalue weighted by molar-refractivity contribution is -0.870. The Labute approximate surface area is 451 Å². The van der Waals surface area contributed by atoms with Crippen LogP contribution in [0.4, 0.5) is 0 Å². The maximum absolute atomic E-state index is 12.9. The van der Waals surface area contributed by atoms with E-state index in [1.165, 1.54) is 167 Å². The van der Waals surface area contributed by atoms with Crippen molar-refractivity contribution >= 4 is 17.9 Å². The monoisotopic (exact) mass is 1030 g/mol. The van der Waals surface area contributed by atoms with Crippen molar-refractivity contribution in [1.82, 2.24) is 0 Å². The molecule has 0 aliphatic carbocycles. The van der Waals surface area contributed by atoms with E-state index in [4.69, 9.17) is 18.9 Å². The van der Waals surface area contributed by atoms with E-state index in [1.807, 2.05) is 21.1 Å². The molecular formula is C64H118NO8+. The number of aliphatic carboxylic acids is 1. The molecule has 0 saturated heterocycles. The fourth-order valence-electron chi connectivity index (χ4n) is 8.89. The predicted molar refractivity (Wildman–Crippen MR) is 309 cm³/mol. The number of quaternary nitrogens is 1. The van der Waals surface area contributed by atoms with Crippen LogP contribution in [-0.4, -0.2) is 87.4 Å². The molecule has 426 valence electrons. The van der Waals surface area contributed by atoms with Crippen molar-refractivity contribution in [1.29, 1.82) is 0 Å². The predicted octanol–water partition coefficient (Wildman–Crippen LogP) is 18.2. The smallest absolute Gasteiger partial charge is 0.361 e. The van der Waals surface area contributed by atoms with Gasteiger partial charge in [0.05, 0.1) is 34.4 Å². The lowest BCUT2D eigenvalue weighted by Gasteiger charge is -2.25. The molecule has 0 amide bonds. The number of nitrogens with zero attached hydrogens (tertiary/aromatic N) is 1. The number of ether oxygens (including phenoxy) is 4. The highest BCUT2D eigenvalue weighted by molar-refractivity contribution is 5.71. The van der Waals surface area contributed by atoms with Crippen LogP contribution in [-0.2, 0) is 33.3 Å². The molecule has 0 bridgehead atoms. The van der Waals surface area contributed by atoms with Gasteiger partial charge in [-0.3, -0.25) is 9.59 Å². The van der Waals surface area contributed by atoms with Gasteiger partial charge in [0, 0.05) is 12.8 Å². The maximum Gasteiger partial charge on any atom is 0.361 e. The van der Waals surface area contributed by atoms with E-state index >= 15 is 0 Å². The molecule has 0 aromatic carbocycles. The third kappa shape index (κ3) is 56.8. The van der Waals surface area contributed by atoms with Crippen LogP contribution in [0.25, 0.3) is 0 Å². The first-order valence-corrected chi connectivity index (χ1v) is 30.8. The van der Waals surface area contributed by atoms with Gasteiger partial charge in [-0.05, 0) is 51.4 Å². The Morgan fingerprint density at radius 1 is 0.425 bits per heavy atom. The van der Waals surface area contributed by atoms with E-state index in [1.54, 1.807) is 0 Å². The number of carbonyl (C=O) groups excluding carboxylic acids is 2. The van der Waals surface area contributed by atoms with Crippen LogP contribution in [0.2, 0.25) is 0 Å². The molecule has 0 rings (SSSR count). The van der Waals surface area contributed by atoms with Crippen LogP contribution in [0.1, 0.15) is 284 Å². The van der Waals surface area contributed by atoms with Gasteiger partial charge in [-0.15, -0.1) is 0 Å². The standard InChI is InChI=1S/C64H117NO8/c1-6-8-10-12-14-16-18-20-22-24-26-27-28-29-30-31-32-33-34-35-37-38-40-42-44-46-48-50-52-54-61(66)71-58-60(59-72-64(63(68)69)70-57-56-65(3,4)5)73-62(67)55-53-51-49-47-45-43-41-39-36-25-23-21-19-17-15-13-11-9-7-2/h9,11,15,17,21,23,36,39,60,64H,6-8,10,12-14,16,18-20,22,24-35,37-38,40-59H2,1-5H3/p+1/b11-9-,17-15-,23-21-,39-36-. The van der Waals surface area contributed by atoms with Crippen molar-refractivity contribution in [2.75, 3.05) is 47.5 Å². The number of carboxylic acid groups (broad SMARTS) is 1. The van der Waals surface area contributed by atoms with Crippen molar-refractivity contribution in [2.24, 2.45) is 0 Å². The van der Waals surface area contributed by atoms with Gasteiger partial charge in [0.2, 0.25) is 0 Å². The summed E-state index contributed by atoms with van der Waals surface area (Å²) in [6, 6.07) is 0. The fourth-order valence-corrected chi connectivity index (χ4v) is 8.89. The van der Waals surface area contributed by atoms with E-state index in [0.29, 0.717) is 23.9 Å². The molecule has 0 aromatic heterocycles. The second-order valence-corrected chi connectivity index (χ2v) is 22.0. The quantitative estimate of drug-likeness (QED) is 0.0211. The minimum absolute atomic E-state index is 0.185. The Balaban J connectivity index is 4.14. The Morgan fingerprint density at radius 2 is 0.781 bits per heavy atom. The Kier molecular flexibility index (Phi) is 53.4. The first kappa shape index (κ1) is 70.2. The Morgan fingerprint density at radius 3 is 1.16 bits per heavy atom. The third-order valence-electron chi connectivity index (χ3n) is 13.6. The molecule has 9 heteroatoms. The van der Waals surface area contributed by atoms with E-state index in [-0.39, 0.29) is 32.2 Å². The Bertz CT molecular complexity index is 1340. The molecule has 73 heavy (non-hydrogen) atoms. The Hall–Kier alpha value is -2.75. The van der Waals surface area contributed by atoms with Crippen LogP contribution in [0.15, 0.2) is 48.6 Å². The average molecular weight is 1030 g/mol. The second-order valence-electron chi connectivity index (χ2n) is 22.0. The minimum atomic E-state index is -1.51. The molecule has 0 saturated carbocycles. The van der Waals surface area contributed by atoms with E-state index in [2.05, 4.69) is 62.5 Å². The number of rotatable bonds is 57. The summed E-state index contributed by atoms with van der Waals surface area (Å²) in [6.07, 6.45) is 66.4. The summed E-state index contributed by atoms with van der Waals surface area (Å²) in [5.41, 5.74) is 0. The van der Waals surface area contributed by atoms with Gasteiger partial charge < -0.3 is 28.5 Å². The van der Waals surface area contributed by atoms with Gasteiger partial charge in [-0.25, -0.2) is 4.79 Å². The number of carbonyl (C=O) groups is 3. The summed E-state index contributed by atoms with van der Waals surface area (Å²) in [5, 5.41) is 9.71. The zero-order valence-corrected chi connectivity index (χ0v) is 48.6. The van der Waals surface area contributed by atoms with Crippen molar-refractivity contribution in [3.63, 3.8) is 0 Å². The highest BCUT2D eigenvalue weighted by Gasteiger charge is 2.25. The van der Waals surface area contributed by atoms with Gasteiger partial charge in [0.1, 0.15) is 13.2 Å². The number of allylic oxidation sites excluding steroid dienone is 8. The number of hydrogen-bond acceptors (Lipinski definition) is 7. The molecule has 0 spiro atoms. The summed E-state index contributed by atoms with van der Waals surface area (Å²) >= 11 is 0. The highest BCUT2D eigenvalue weighted by Crippen LogP contribution is 2.18. The maximum atomic E-state index is 12.9. The molecule has 0 aliphatic rings. The molecule has 0 fully saturated rings. The molecule has 0 heterocycles. The molecule has 0 aromatic rings. The number of carboxylic acids is 1. The summed E-state index contributed by atoms with van der Waals surface area (Å²) in [7, 11) is 5.97. The SMILES string of the molecule is CC/C=C\C/C=C\C/C=C\C/C=C\CCCCCCCCC(=O)OC(COC(=O)CCCCCCCCCCCCCCCCCCCCCCCCCCCCCCC)COC(OCC[N+](C)(C)C)C(=O)O. The van der Waals surface area contributed by atoms with Crippen molar-refractivity contribution in [3.8, 4) is 0 Å². The van der Waals surface area contributed by atoms with Crippen molar-refractivity contribution in [2.45, 2.75) is 296 Å². The summed E-state index contributed by atoms with van der Waals surface area (Å²) in [4.78, 5) is 37.4. The van der Waals surface area contributed by atoms with Crippen molar-refractivity contribution in [3.05, 3.63) is 48.6 Å². The van der Waals surface area contributed by atoms with Crippen molar-refractivity contribution < 1.29 is 42.9 Å². The van der Waals surface area contributed by atoms with Crippen LogP contribution < -0.4 is 0 Å². The third-order valence-corrected chi connectivity index (χ3v) is 13.6. The average Bonchev–Trinajstić information content (AvgIpc) is 3.36. The minimum Gasteiger partial charge on any atom is -0.477 e. The first-order chi connectivity index (χ1) is 35.6. The number of unbranched alkanes of at least 4 members (excludes halogenated alkanes) is 34. The molecular weight excluding hydrogens is 911 g/mol. The zero-order valence-electron chi connectivity index (χ0n) is 48.6. The van der Waals surface area contributed by atoms with Gasteiger partial charge in [-0.1, -0.05) is 268 Å².